The molecule has 34 heavy (non-hydrogen) atoms. The van der Waals surface area contributed by atoms with Gasteiger partial charge >= 0.3 is 6.18 Å². The minimum absolute atomic E-state index is 0.0726. The van der Waals surface area contributed by atoms with Gasteiger partial charge in [0.05, 0.1) is 16.9 Å². The number of piperazine rings is 1. The number of sulfone groups is 1. The molecule has 1 saturated carbocycles. The van der Waals surface area contributed by atoms with Crippen molar-refractivity contribution in [1.82, 2.24) is 4.90 Å². The lowest BCUT2D eigenvalue weighted by Gasteiger charge is -2.45. The summed E-state index contributed by atoms with van der Waals surface area (Å²) in [5.74, 6) is -1.33. The maximum absolute atomic E-state index is 13.6. The number of hydrogen-bond acceptors (Lipinski definition) is 4. The highest BCUT2D eigenvalue weighted by Crippen LogP contribution is 2.40. The van der Waals surface area contributed by atoms with Gasteiger partial charge in [0.15, 0.2) is 9.84 Å². The second kappa shape index (κ2) is 9.85. The minimum atomic E-state index is -4.12. The van der Waals surface area contributed by atoms with E-state index in [-0.39, 0.29) is 35.5 Å². The van der Waals surface area contributed by atoms with Crippen molar-refractivity contribution in [2.24, 2.45) is 11.8 Å². The zero-order chi connectivity index (χ0) is 24.5. The van der Waals surface area contributed by atoms with Gasteiger partial charge < -0.3 is 4.90 Å². The average Bonchev–Trinajstić information content (AvgIpc) is 2.79. The lowest BCUT2D eigenvalue weighted by atomic mass is 9.81. The van der Waals surface area contributed by atoms with Crippen LogP contribution in [0.3, 0.4) is 0 Å². The van der Waals surface area contributed by atoms with Gasteiger partial charge in [0.25, 0.3) is 0 Å². The quantitative estimate of drug-likeness (QED) is 0.514. The van der Waals surface area contributed by atoms with Crippen molar-refractivity contribution in [3.63, 3.8) is 0 Å². The van der Waals surface area contributed by atoms with Crippen LogP contribution < -0.4 is 4.90 Å². The first-order valence-electron chi connectivity index (χ1n) is 11.6. The molecular formula is C25H30F4N2O2S. The van der Waals surface area contributed by atoms with Gasteiger partial charge in [-0.15, -0.1) is 0 Å². The van der Waals surface area contributed by atoms with Crippen LogP contribution in [0.25, 0.3) is 0 Å². The van der Waals surface area contributed by atoms with E-state index in [2.05, 4.69) is 9.80 Å². The highest BCUT2D eigenvalue weighted by atomic mass is 32.2. The number of hydrogen-bond donors (Lipinski definition) is 0. The molecule has 0 amide bonds. The van der Waals surface area contributed by atoms with Crippen LogP contribution in [0.15, 0.2) is 53.4 Å². The van der Waals surface area contributed by atoms with E-state index in [1.54, 1.807) is 30.3 Å². The molecule has 1 unspecified atom stereocenters. The van der Waals surface area contributed by atoms with Crippen molar-refractivity contribution >= 4 is 15.5 Å². The second-order valence-corrected chi connectivity index (χ2v) is 11.6. The lowest BCUT2D eigenvalue weighted by Crippen LogP contribution is -2.50. The standard InChI is InChI=1S/C25H30F4N2O2S/c1-34(32,33)23-4-2-3-22(15-23)30-13-14-31(24(17-30)19-7-11-21(26)12-8-19)16-18-5-9-20(10-6-18)25(27,28)29/h2-4,7-8,11-12,15,18,20,24H,5-6,9-10,13-14,16-17H2,1H3. The third-order valence-electron chi connectivity index (χ3n) is 7.16. The van der Waals surface area contributed by atoms with Crippen molar-refractivity contribution < 1.29 is 26.0 Å². The predicted octanol–water partition coefficient (Wildman–Crippen LogP) is 5.46. The topological polar surface area (TPSA) is 40.6 Å². The SMILES string of the molecule is CS(=O)(=O)c1cccc(N2CCN(CC3CCC(C(F)(F)F)CC3)C(c3ccc(F)cc3)C2)c1. The summed E-state index contributed by atoms with van der Waals surface area (Å²) in [4.78, 5) is 4.68. The third kappa shape index (κ3) is 5.92. The van der Waals surface area contributed by atoms with Crippen LogP contribution in [0.5, 0.6) is 0 Å². The first kappa shape index (κ1) is 25.0. The van der Waals surface area contributed by atoms with Crippen LogP contribution in [0.4, 0.5) is 23.2 Å². The molecule has 2 aromatic carbocycles. The Morgan fingerprint density at radius 2 is 1.65 bits per heavy atom. The molecule has 9 heteroatoms. The molecule has 1 atom stereocenters. The van der Waals surface area contributed by atoms with Gasteiger partial charge in [0.1, 0.15) is 5.82 Å². The highest BCUT2D eigenvalue weighted by Gasteiger charge is 2.42. The summed E-state index contributed by atoms with van der Waals surface area (Å²) in [5.41, 5.74) is 1.75. The Kier molecular flexibility index (Phi) is 7.24. The number of benzene rings is 2. The van der Waals surface area contributed by atoms with Crippen molar-refractivity contribution in [3.05, 3.63) is 59.9 Å². The largest absolute Gasteiger partial charge is 0.391 e. The molecule has 0 aromatic heterocycles. The van der Waals surface area contributed by atoms with Crippen LogP contribution in [0.1, 0.15) is 37.3 Å². The summed E-state index contributed by atoms with van der Waals surface area (Å²) < 4.78 is 76.8. The zero-order valence-electron chi connectivity index (χ0n) is 19.1. The number of halogens is 4. The zero-order valence-corrected chi connectivity index (χ0v) is 20.0. The second-order valence-electron chi connectivity index (χ2n) is 9.54. The molecule has 1 aliphatic carbocycles. The van der Waals surface area contributed by atoms with Crippen molar-refractivity contribution in [2.75, 3.05) is 37.3 Å². The summed E-state index contributed by atoms with van der Waals surface area (Å²) in [6, 6.07) is 13.1. The fourth-order valence-corrected chi connectivity index (χ4v) is 5.85. The summed E-state index contributed by atoms with van der Waals surface area (Å²) in [6.45, 7) is 2.63. The number of alkyl halides is 3. The monoisotopic (exact) mass is 498 g/mol. The molecule has 0 N–H and O–H groups in total. The van der Waals surface area contributed by atoms with Crippen LogP contribution >= 0.6 is 0 Å². The van der Waals surface area contributed by atoms with Crippen LogP contribution in [-0.4, -0.2) is 51.9 Å². The van der Waals surface area contributed by atoms with Gasteiger partial charge in [-0.3, -0.25) is 4.90 Å². The number of rotatable bonds is 5. The Balaban J connectivity index is 1.51. The Labute approximate surface area is 198 Å². The smallest absolute Gasteiger partial charge is 0.368 e. The van der Waals surface area contributed by atoms with Gasteiger partial charge in [-0.1, -0.05) is 18.2 Å². The molecule has 0 bridgehead atoms. The molecule has 1 saturated heterocycles. The molecule has 2 aliphatic rings. The van der Waals surface area contributed by atoms with E-state index in [9.17, 15) is 26.0 Å². The van der Waals surface area contributed by atoms with E-state index in [1.165, 1.54) is 18.4 Å². The molecule has 2 aromatic rings. The van der Waals surface area contributed by atoms with Gasteiger partial charge in [-0.2, -0.15) is 13.2 Å². The molecule has 1 aliphatic heterocycles. The van der Waals surface area contributed by atoms with E-state index in [4.69, 9.17) is 0 Å². The Bertz CT molecular complexity index is 1080. The molecular weight excluding hydrogens is 468 g/mol. The Morgan fingerprint density at radius 3 is 2.26 bits per heavy atom. The lowest BCUT2D eigenvalue weighted by molar-refractivity contribution is -0.184. The van der Waals surface area contributed by atoms with Crippen molar-refractivity contribution in [1.29, 1.82) is 0 Å². The predicted molar refractivity (Wildman–Crippen MR) is 124 cm³/mol. The Hall–Kier alpha value is -2.13. The minimum Gasteiger partial charge on any atom is -0.368 e. The average molecular weight is 499 g/mol. The normalized spacial score (nSPS) is 24.9. The molecule has 0 radical (unpaired) electrons. The maximum atomic E-state index is 13.6. The molecule has 1 heterocycles. The van der Waals surface area contributed by atoms with Gasteiger partial charge in [0, 0.05) is 38.1 Å². The number of nitrogens with zero attached hydrogens (tertiary/aromatic N) is 2. The maximum Gasteiger partial charge on any atom is 0.391 e. The van der Waals surface area contributed by atoms with Crippen molar-refractivity contribution in [2.45, 2.75) is 42.8 Å². The molecule has 4 rings (SSSR count). The van der Waals surface area contributed by atoms with Crippen LogP contribution in [-0.2, 0) is 9.84 Å². The van der Waals surface area contributed by atoms with E-state index in [0.717, 1.165) is 11.3 Å². The van der Waals surface area contributed by atoms with Crippen LogP contribution in [0, 0.1) is 17.7 Å². The Morgan fingerprint density at radius 1 is 0.971 bits per heavy atom. The number of anilines is 1. The summed E-state index contributed by atoms with van der Waals surface area (Å²) in [6.07, 6.45) is -1.48. The first-order chi connectivity index (χ1) is 16.0. The molecule has 0 spiro atoms. The van der Waals surface area contributed by atoms with Gasteiger partial charge in [-0.25, -0.2) is 12.8 Å². The summed E-state index contributed by atoms with van der Waals surface area (Å²) in [7, 11) is -3.34. The molecule has 2 fully saturated rings. The molecule has 4 nitrogen and oxygen atoms in total. The van der Waals surface area contributed by atoms with Crippen molar-refractivity contribution in [3.8, 4) is 0 Å². The summed E-state index contributed by atoms with van der Waals surface area (Å²) in [5, 5.41) is 0. The van der Waals surface area contributed by atoms with E-state index in [1.807, 2.05) is 6.07 Å². The summed E-state index contributed by atoms with van der Waals surface area (Å²) >= 11 is 0. The third-order valence-corrected chi connectivity index (χ3v) is 8.27. The van der Waals surface area contributed by atoms with Gasteiger partial charge in [0.2, 0.25) is 0 Å². The van der Waals surface area contributed by atoms with Gasteiger partial charge in [-0.05, 0) is 67.5 Å². The fraction of sp³-hybridized carbons (Fsp3) is 0.520. The fourth-order valence-electron chi connectivity index (χ4n) is 5.19. The van der Waals surface area contributed by atoms with Crippen LogP contribution in [0.2, 0.25) is 0 Å². The highest BCUT2D eigenvalue weighted by molar-refractivity contribution is 7.90. The first-order valence-corrected chi connectivity index (χ1v) is 13.5. The van der Waals surface area contributed by atoms with E-state index < -0.39 is 21.9 Å². The molecule has 186 valence electrons. The van der Waals surface area contributed by atoms with E-state index in [0.29, 0.717) is 39.0 Å². The van der Waals surface area contributed by atoms with E-state index >= 15 is 0 Å².